The Labute approximate surface area is 129 Å². The Balaban J connectivity index is 1.94. The molecule has 0 amide bonds. The monoisotopic (exact) mass is 293 g/mol. The van der Waals surface area contributed by atoms with Crippen LogP contribution in [0.3, 0.4) is 0 Å². The second-order valence-electron chi connectivity index (χ2n) is 7.35. The van der Waals surface area contributed by atoms with Gasteiger partial charge in [-0.05, 0) is 24.7 Å². The number of imidazole rings is 1. The SMILES string of the molecule is CCCC1CC(NC(Cn2ccnc2)C(C)(C)C)CCO1. The van der Waals surface area contributed by atoms with Crippen LogP contribution in [-0.2, 0) is 11.3 Å². The Morgan fingerprint density at radius 1 is 1.43 bits per heavy atom. The zero-order chi connectivity index (χ0) is 15.3. The Morgan fingerprint density at radius 3 is 2.86 bits per heavy atom. The van der Waals surface area contributed by atoms with Gasteiger partial charge in [0.25, 0.3) is 0 Å². The van der Waals surface area contributed by atoms with E-state index in [1.54, 1.807) is 0 Å². The Hall–Kier alpha value is -0.870. The molecule has 1 aliphatic rings. The quantitative estimate of drug-likeness (QED) is 0.875. The zero-order valence-corrected chi connectivity index (χ0v) is 14.0. The number of ether oxygens (including phenoxy) is 1. The Kier molecular flexibility index (Phi) is 5.82. The van der Waals surface area contributed by atoms with Gasteiger partial charge in [-0.3, -0.25) is 0 Å². The predicted octanol–water partition coefficient (Wildman–Crippen LogP) is 3.24. The first kappa shape index (κ1) is 16.5. The van der Waals surface area contributed by atoms with Crippen LogP contribution >= 0.6 is 0 Å². The van der Waals surface area contributed by atoms with Crippen molar-refractivity contribution in [2.45, 2.75) is 78.1 Å². The summed E-state index contributed by atoms with van der Waals surface area (Å²) in [4.78, 5) is 4.16. The molecule has 2 rings (SSSR count). The smallest absolute Gasteiger partial charge is 0.0946 e. The first-order valence-electron chi connectivity index (χ1n) is 8.32. The highest BCUT2D eigenvalue weighted by atomic mass is 16.5. The van der Waals surface area contributed by atoms with E-state index in [0.29, 0.717) is 18.2 Å². The number of hydrogen-bond acceptors (Lipinski definition) is 3. The van der Waals surface area contributed by atoms with Crippen molar-refractivity contribution in [3.8, 4) is 0 Å². The molecule has 1 N–H and O–H groups in total. The molecule has 3 atom stereocenters. The highest BCUT2D eigenvalue weighted by Gasteiger charge is 2.30. The fourth-order valence-corrected chi connectivity index (χ4v) is 3.02. The van der Waals surface area contributed by atoms with Crippen LogP contribution in [0.15, 0.2) is 18.7 Å². The Morgan fingerprint density at radius 2 is 2.24 bits per heavy atom. The molecule has 1 aliphatic heterocycles. The molecule has 0 aliphatic carbocycles. The standard InChI is InChI=1S/C17H31N3O/c1-5-6-15-11-14(7-10-21-15)19-16(17(2,3)4)12-20-9-8-18-13-20/h8-9,13-16,19H,5-7,10-12H2,1-4H3. The summed E-state index contributed by atoms with van der Waals surface area (Å²) in [6, 6.07) is 1.01. The molecule has 0 aromatic carbocycles. The molecule has 1 saturated heterocycles. The normalized spacial score (nSPS) is 25.0. The van der Waals surface area contributed by atoms with Crippen molar-refractivity contribution in [3.63, 3.8) is 0 Å². The van der Waals surface area contributed by atoms with Crippen molar-refractivity contribution >= 4 is 0 Å². The molecule has 0 spiro atoms. The van der Waals surface area contributed by atoms with Gasteiger partial charge in [0.15, 0.2) is 0 Å². The predicted molar refractivity (Wildman–Crippen MR) is 86.3 cm³/mol. The molecule has 1 fully saturated rings. The minimum absolute atomic E-state index is 0.225. The number of aromatic nitrogens is 2. The van der Waals surface area contributed by atoms with Crippen molar-refractivity contribution < 1.29 is 4.74 Å². The van der Waals surface area contributed by atoms with Gasteiger partial charge in [0.1, 0.15) is 0 Å². The van der Waals surface area contributed by atoms with E-state index in [1.807, 2.05) is 18.7 Å². The number of nitrogens with zero attached hydrogens (tertiary/aromatic N) is 2. The molecule has 0 radical (unpaired) electrons. The molecular weight excluding hydrogens is 262 g/mol. The van der Waals surface area contributed by atoms with Gasteiger partial charge < -0.3 is 14.6 Å². The fourth-order valence-electron chi connectivity index (χ4n) is 3.02. The van der Waals surface area contributed by atoms with Crippen molar-refractivity contribution in [1.82, 2.24) is 14.9 Å². The van der Waals surface area contributed by atoms with E-state index < -0.39 is 0 Å². The minimum Gasteiger partial charge on any atom is -0.378 e. The van der Waals surface area contributed by atoms with Crippen LogP contribution in [-0.4, -0.2) is 34.3 Å². The fraction of sp³-hybridized carbons (Fsp3) is 0.824. The van der Waals surface area contributed by atoms with Crippen LogP contribution in [0.5, 0.6) is 0 Å². The summed E-state index contributed by atoms with van der Waals surface area (Å²) in [6.07, 6.45) is 10.9. The maximum Gasteiger partial charge on any atom is 0.0946 e. The lowest BCUT2D eigenvalue weighted by molar-refractivity contribution is -0.00835. The zero-order valence-electron chi connectivity index (χ0n) is 14.0. The molecule has 1 aromatic rings. The van der Waals surface area contributed by atoms with Gasteiger partial charge >= 0.3 is 0 Å². The average molecular weight is 293 g/mol. The summed E-state index contributed by atoms with van der Waals surface area (Å²) >= 11 is 0. The van der Waals surface area contributed by atoms with Crippen LogP contribution in [0, 0.1) is 5.41 Å². The van der Waals surface area contributed by atoms with Crippen molar-refractivity contribution in [1.29, 1.82) is 0 Å². The first-order chi connectivity index (χ1) is 9.99. The number of hydrogen-bond donors (Lipinski definition) is 1. The van der Waals surface area contributed by atoms with Gasteiger partial charge in [0.2, 0.25) is 0 Å². The highest BCUT2D eigenvalue weighted by Crippen LogP contribution is 2.24. The summed E-state index contributed by atoms with van der Waals surface area (Å²) < 4.78 is 8.04. The summed E-state index contributed by atoms with van der Waals surface area (Å²) in [5, 5.41) is 3.89. The molecule has 3 unspecified atom stereocenters. The minimum atomic E-state index is 0.225. The van der Waals surface area contributed by atoms with E-state index >= 15 is 0 Å². The molecule has 1 aromatic heterocycles. The highest BCUT2D eigenvalue weighted by molar-refractivity contribution is 4.88. The number of rotatable bonds is 6. The van der Waals surface area contributed by atoms with Crippen molar-refractivity contribution in [3.05, 3.63) is 18.7 Å². The van der Waals surface area contributed by atoms with Gasteiger partial charge in [-0.2, -0.15) is 0 Å². The van der Waals surface area contributed by atoms with Gasteiger partial charge in [0.05, 0.1) is 12.4 Å². The molecular formula is C17H31N3O. The maximum absolute atomic E-state index is 5.87. The summed E-state index contributed by atoms with van der Waals surface area (Å²) in [5.74, 6) is 0. The van der Waals surface area contributed by atoms with Gasteiger partial charge in [0, 0.05) is 37.6 Å². The van der Waals surface area contributed by atoms with Gasteiger partial charge in [-0.15, -0.1) is 0 Å². The van der Waals surface area contributed by atoms with Crippen molar-refractivity contribution in [2.24, 2.45) is 5.41 Å². The summed E-state index contributed by atoms with van der Waals surface area (Å²) in [7, 11) is 0. The van der Waals surface area contributed by atoms with Crippen LogP contribution in [0.1, 0.15) is 53.4 Å². The van der Waals surface area contributed by atoms with E-state index in [2.05, 4.69) is 42.6 Å². The third kappa shape index (κ3) is 5.11. The number of nitrogens with one attached hydrogen (secondary N) is 1. The van der Waals surface area contributed by atoms with Gasteiger partial charge in [-0.1, -0.05) is 34.1 Å². The lowest BCUT2D eigenvalue weighted by Crippen LogP contribution is -2.50. The first-order valence-corrected chi connectivity index (χ1v) is 8.32. The van der Waals surface area contributed by atoms with Crippen LogP contribution in [0.4, 0.5) is 0 Å². The second-order valence-corrected chi connectivity index (χ2v) is 7.35. The van der Waals surface area contributed by atoms with E-state index in [9.17, 15) is 0 Å². The van der Waals surface area contributed by atoms with Crippen LogP contribution in [0.2, 0.25) is 0 Å². The van der Waals surface area contributed by atoms with Crippen LogP contribution in [0.25, 0.3) is 0 Å². The summed E-state index contributed by atoms with van der Waals surface area (Å²) in [6.45, 7) is 11.0. The summed E-state index contributed by atoms with van der Waals surface area (Å²) in [5.41, 5.74) is 0.225. The molecule has 0 saturated carbocycles. The Bertz CT molecular complexity index is 395. The topological polar surface area (TPSA) is 39.1 Å². The van der Waals surface area contributed by atoms with Gasteiger partial charge in [-0.25, -0.2) is 4.98 Å². The van der Waals surface area contributed by atoms with E-state index in [0.717, 1.165) is 26.0 Å². The molecule has 4 heteroatoms. The van der Waals surface area contributed by atoms with E-state index in [4.69, 9.17) is 4.74 Å². The third-order valence-electron chi connectivity index (χ3n) is 4.41. The second kappa shape index (κ2) is 7.41. The molecule has 2 heterocycles. The van der Waals surface area contributed by atoms with E-state index in [1.165, 1.54) is 12.8 Å². The average Bonchev–Trinajstić information content (AvgIpc) is 2.91. The maximum atomic E-state index is 5.87. The molecule has 4 nitrogen and oxygen atoms in total. The lowest BCUT2D eigenvalue weighted by atomic mass is 9.85. The lowest BCUT2D eigenvalue weighted by Gasteiger charge is -2.38. The molecule has 0 bridgehead atoms. The van der Waals surface area contributed by atoms with Crippen molar-refractivity contribution in [2.75, 3.05) is 6.61 Å². The van der Waals surface area contributed by atoms with Crippen LogP contribution < -0.4 is 5.32 Å². The third-order valence-corrected chi connectivity index (χ3v) is 4.41. The molecule has 120 valence electrons. The molecule has 21 heavy (non-hydrogen) atoms. The largest absolute Gasteiger partial charge is 0.378 e. The van der Waals surface area contributed by atoms with E-state index in [-0.39, 0.29) is 5.41 Å².